The maximum Gasteiger partial charge on any atom is 0.374 e. The number of hydrogen-bond acceptors (Lipinski definition) is 4. The molecule has 122 valence electrons. The summed E-state index contributed by atoms with van der Waals surface area (Å²) in [6, 6.07) is 9.08. The van der Waals surface area contributed by atoms with Gasteiger partial charge in [-0.1, -0.05) is 36.8 Å². The highest BCUT2D eigenvalue weighted by Crippen LogP contribution is 2.37. The van der Waals surface area contributed by atoms with E-state index in [9.17, 15) is 9.59 Å². The van der Waals surface area contributed by atoms with Crippen LogP contribution in [0.15, 0.2) is 36.1 Å². The minimum Gasteiger partial charge on any atom is -0.460 e. The smallest absolute Gasteiger partial charge is 0.374 e. The Morgan fingerprint density at radius 2 is 1.91 bits per heavy atom. The molecule has 1 spiro atoms. The van der Waals surface area contributed by atoms with E-state index in [1.54, 1.807) is 19.1 Å². The zero-order chi connectivity index (χ0) is 16.3. The minimum absolute atomic E-state index is 0.0312. The van der Waals surface area contributed by atoms with E-state index in [2.05, 4.69) is 5.32 Å². The maximum absolute atomic E-state index is 12.7. The molecule has 1 fully saturated rings. The van der Waals surface area contributed by atoms with Crippen LogP contribution in [-0.2, 0) is 19.1 Å². The molecule has 0 bridgehead atoms. The van der Waals surface area contributed by atoms with Crippen molar-refractivity contribution in [2.45, 2.75) is 44.8 Å². The molecule has 23 heavy (non-hydrogen) atoms. The molecular formula is C18H21NO4. The molecule has 1 heterocycles. The van der Waals surface area contributed by atoms with Crippen molar-refractivity contribution in [3.63, 3.8) is 0 Å². The number of esters is 1. The SMILES string of the molecule is CCOC(=O)C1=C(c2ccccc2)C(=O)NC2(CCCCC2)O1. The monoisotopic (exact) mass is 315 g/mol. The number of ether oxygens (including phenoxy) is 2. The molecule has 0 aromatic heterocycles. The molecule has 1 aromatic rings. The van der Waals surface area contributed by atoms with Gasteiger partial charge in [0.2, 0.25) is 5.76 Å². The largest absolute Gasteiger partial charge is 0.460 e. The summed E-state index contributed by atoms with van der Waals surface area (Å²) in [4.78, 5) is 25.1. The summed E-state index contributed by atoms with van der Waals surface area (Å²) in [7, 11) is 0. The van der Waals surface area contributed by atoms with Crippen molar-refractivity contribution < 1.29 is 19.1 Å². The van der Waals surface area contributed by atoms with E-state index in [4.69, 9.17) is 9.47 Å². The maximum atomic E-state index is 12.7. The third kappa shape index (κ3) is 3.09. The van der Waals surface area contributed by atoms with Crippen LogP contribution >= 0.6 is 0 Å². The van der Waals surface area contributed by atoms with Crippen LogP contribution in [0, 0.1) is 0 Å². The molecule has 5 nitrogen and oxygen atoms in total. The van der Waals surface area contributed by atoms with Crippen molar-refractivity contribution in [3.05, 3.63) is 41.7 Å². The molecule has 1 N–H and O–H groups in total. The summed E-state index contributed by atoms with van der Waals surface area (Å²) in [5.41, 5.74) is 0.134. The molecule has 1 aliphatic heterocycles. The fraction of sp³-hybridized carbons (Fsp3) is 0.444. The summed E-state index contributed by atoms with van der Waals surface area (Å²) in [6.45, 7) is 1.97. The Labute approximate surface area is 135 Å². The van der Waals surface area contributed by atoms with E-state index in [-0.39, 0.29) is 23.8 Å². The van der Waals surface area contributed by atoms with Crippen LogP contribution in [0.5, 0.6) is 0 Å². The number of rotatable bonds is 3. The van der Waals surface area contributed by atoms with Crippen LogP contribution < -0.4 is 5.32 Å². The van der Waals surface area contributed by atoms with Crippen LogP contribution in [0.4, 0.5) is 0 Å². The standard InChI is InChI=1S/C18H21NO4/c1-2-22-17(21)15-14(13-9-5-3-6-10-13)16(20)19-18(23-15)11-7-4-8-12-18/h3,5-6,9-10H,2,4,7-8,11-12H2,1H3,(H,19,20). The lowest BCUT2D eigenvalue weighted by Crippen LogP contribution is -2.55. The van der Waals surface area contributed by atoms with Crippen molar-refractivity contribution in [2.24, 2.45) is 0 Å². The fourth-order valence-electron chi connectivity index (χ4n) is 3.20. The summed E-state index contributed by atoms with van der Waals surface area (Å²) in [5.74, 6) is -0.817. The molecule has 2 aliphatic rings. The highest BCUT2D eigenvalue weighted by Gasteiger charge is 2.44. The molecular weight excluding hydrogens is 294 g/mol. The van der Waals surface area contributed by atoms with E-state index in [0.717, 1.165) is 19.3 Å². The quantitative estimate of drug-likeness (QED) is 0.871. The Balaban J connectivity index is 2.04. The van der Waals surface area contributed by atoms with Crippen molar-refractivity contribution >= 4 is 17.4 Å². The third-order valence-corrected chi connectivity index (χ3v) is 4.28. The Hall–Kier alpha value is -2.30. The van der Waals surface area contributed by atoms with Gasteiger partial charge in [0, 0.05) is 12.8 Å². The highest BCUT2D eigenvalue weighted by atomic mass is 16.6. The lowest BCUT2D eigenvalue weighted by molar-refractivity contribution is -0.154. The normalized spacial score (nSPS) is 20.0. The zero-order valence-corrected chi connectivity index (χ0v) is 13.3. The number of carbonyl (C=O) groups excluding carboxylic acids is 2. The number of benzene rings is 1. The van der Waals surface area contributed by atoms with Gasteiger partial charge in [-0.15, -0.1) is 0 Å². The van der Waals surface area contributed by atoms with E-state index in [1.165, 1.54) is 0 Å². The van der Waals surface area contributed by atoms with E-state index >= 15 is 0 Å². The summed E-state index contributed by atoms with van der Waals surface area (Å²) < 4.78 is 11.2. The average Bonchev–Trinajstić information content (AvgIpc) is 2.56. The molecule has 0 saturated heterocycles. The summed E-state index contributed by atoms with van der Waals surface area (Å²) >= 11 is 0. The van der Waals surface area contributed by atoms with Crippen LogP contribution in [0.2, 0.25) is 0 Å². The predicted octanol–water partition coefficient (Wildman–Crippen LogP) is 2.77. The number of nitrogens with one attached hydrogen (secondary N) is 1. The predicted molar refractivity (Wildman–Crippen MR) is 85.0 cm³/mol. The first kappa shape index (κ1) is 15.6. The first-order valence-corrected chi connectivity index (χ1v) is 8.13. The number of hydrogen-bond donors (Lipinski definition) is 1. The van der Waals surface area contributed by atoms with Gasteiger partial charge in [-0.2, -0.15) is 0 Å². The van der Waals surface area contributed by atoms with Crippen LogP contribution in [0.3, 0.4) is 0 Å². The van der Waals surface area contributed by atoms with Crippen molar-refractivity contribution in [1.29, 1.82) is 0 Å². The van der Waals surface area contributed by atoms with Crippen molar-refractivity contribution in [2.75, 3.05) is 6.61 Å². The topological polar surface area (TPSA) is 64.6 Å². The molecule has 0 unspecified atom stereocenters. The Kier molecular flexibility index (Phi) is 4.37. The molecule has 1 saturated carbocycles. The first-order valence-electron chi connectivity index (χ1n) is 8.13. The Morgan fingerprint density at radius 1 is 1.22 bits per heavy atom. The second-order valence-corrected chi connectivity index (χ2v) is 5.90. The molecule has 3 rings (SSSR count). The second kappa shape index (κ2) is 6.44. The molecule has 0 atom stereocenters. The van der Waals surface area contributed by atoms with E-state index in [1.807, 2.05) is 18.2 Å². The fourth-order valence-corrected chi connectivity index (χ4v) is 3.20. The highest BCUT2D eigenvalue weighted by molar-refractivity contribution is 6.25. The van der Waals surface area contributed by atoms with Gasteiger partial charge in [0.05, 0.1) is 12.2 Å². The van der Waals surface area contributed by atoms with E-state index < -0.39 is 11.7 Å². The van der Waals surface area contributed by atoms with Gasteiger partial charge < -0.3 is 14.8 Å². The lowest BCUT2D eigenvalue weighted by Gasteiger charge is -2.41. The Bertz CT molecular complexity index is 630. The van der Waals surface area contributed by atoms with Crippen LogP contribution in [0.25, 0.3) is 5.57 Å². The summed E-state index contributed by atoms with van der Waals surface area (Å²) in [5, 5.41) is 2.98. The molecule has 0 radical (unpaired) electrons. The van der Waals surface area contributed by atoms with Gasteiger partial charge >= 0.3 is 5.97 Å². The molecule has 1 aliphatic carbocycles. The van der Waals surface area contributed by atoms with Gasteiger partial charge in [-0.05, 0) is 25.3 Å². The van der Waals surface area contributed by atoms with Gasteiger partial charge in [0.1, 0.15) is 0 Å². The minimum atomic E-state index is -0.768. The van der Waals surface area contributed by atoms with Crippen LogP contribution in [-0.4, -0.2) is 24.2 Å². The lowest BCUT2D eigenvalue weighted by atomic mass is 9.89. The molecule has 5 heteroatoms. The molecule has 1 aromatic carbocycles. The van der Waals surface area contributed by atoms with Gasteiger partial charge in [0.15, 0.2) is 5.72 Å². The Morgan fingerprint density at radius 3 is 2.57 bits per heavy atom. The van der Waals surface area contributed by atoms with Gasteiger partial charge in [-0.25, -0.2) is 4.79 Å². The zero-order valence-electron chi connectivity index (χ0n) is 13.3. The number of amides is 1. The van der Waals surface area contributed by atoms with Crippen LogP contribution in [0.1, 0.15) is 44.6 Å². The number of carbonyl (C=O) groups is 2. The van der Waals surface area contributed by atoms with Gasteiger partial charge in [0.25, 0.3) is 5.91 Å². The molecule has 1 amide bonds. The van der Waals surface area contributed by atoms with Crippen molar-refractivity contribution in [3.8, 4) is 0 Å². The van der Waals surface area contributed by atoms with Crippen molar-refractivity contribution in [1.82, 2.24) is 5.32 Å². The average molecular weight is 315 g/mol. The third-order valence-electron chi connectivity index (χ3n) is 4.28. The first-order chi connectivity index (χ1) is 11.2. The summed E-state index contributed by atoms with van der Waals surface area (Å²) in [6.07, 6.45) is 4.48. The van der Waals surface area contributed by atoms with Gasteiger partial charge in [-0.3, -0.25) is 4.79 Å². The van der Waals surface area contributed by atoms with E-state index in [0.29, 0.717) is 18.4 Å². The second-order valence-electron chi connectivity index (χ2n) is 5.90.